The molecular formula is C57H33N3O2. The van der Waals surface area contributed by atoms with Gasteiger partial charge in [-0.2, -0.15) is 0 Å². The minimum Gasteiger partial charge on any atom is -0.456 e. The van der Waals surface area contributed by atoms with E-state index < -0.39 is 0 Å². The van der Waals surface area contributed by atoms with Crippen molar-refractivity contribution < 1.29 is 8.83 Å². The van der Waals surface area contributed by atoms with E-state index in [-0.39, 0.29) is 0 Å². The average molecular weight is 792 g/mol. The van der Waals surface area contributed by atoms with Crippen molar-refractivity contribution >= 4 is 76.2 Å². The van der Waals surface area contributed by atoms with Gasteiger partial charge in [-0.15, -0.1) is 0 Å². The molecule has 3 aromatic heterocycles. The summed E-state index contributed by atoms with van der Waals surface area (Å²) in [6.07, 6.45) is 0. The highest BCUT2D eigenvalue weighted by Gasteiger charge is 2.20. The SMILES string of the molecule is c1ccc(-c2ccc3cc(-c4nc(-c5ccc6ccc7oc8ccccc8c7c6c5)nc(-c5ccc(-c6cccc7oc8ccccc8c67)c6ccccc56)n4)ccc3c2)cc1. The third kappa shape index (κ3) is 5.45. The fraction of sp³-hybridized carbons (Fsp3) is 0. The van der Waals surface area contributed by atoms with Crippen LogP contribution in [0.15, 0.2) is 209 Å². The first-order valence-corrected chi connectivity index (χ1v) is 20.8. The molecule has 288 valence electrons. The van der Waals surface area contributed by atoms with Gasteiger partial charge in [-0.3, -0.25) is 0 Å². The van der Waals surface area contributed by atoms with Crippen molar-refractivity contribution in [2.45, 2.75) is 0 Å². The van der Waals surface area contributed by atoms with E-state index in [0.29, 0.717) is 17.5 Å². The average Bonchev–Trinajstić information content (AvgIpc) is 3.92. The Morgan fingerprint density at radius 3 is 1.52 bits per heavy atom. The number of furan rings is 2. The highest BCUT2D eigenvalue weighted by Crippen LogP contribution is 2.42. The third-order valence-electron chi connectivity index (χ3n) is 12.3. The molecule has 3 heterocycles. The summed E-state index contributed by atoms with van der Waals surface area (Å²) in [6.45, 7) is 0. The van der Waals surface area contributed by atoms with Crippen LogP contribution in [0.2, 0.25) is 0 Å². The van der Waals surface area contributed by atoms with Gasteiger partial charge < -0.3 is 8.83 Å². The highest BCUT2D eigenvalue weighted by atomic mass is 16.3. The highest BCUT2D eigenvalue weighted by molar-refractivity contribution is 6.19. The molecule has 0 aliphatic heterocycles. The summed E-state index contributed by atoms with van der Waals surface area (Å²) >= 11 is 0. The molecule has 0 radical (unpaired) electrons. The third-order valence-corrected chi connectivity index (χ3v) is 12.3. The van der Waals surface area contributed by atoms with E-state index in [1.165, 1.54) is 11.1 Å². The standard InChI is InChI=1S/C57H33N3O2/c1-2-11-34(12-3-1)36-22-23-38-32-39(26-24-37(38)31-36)55-58-56(40-25-21-35-27-30-52-54(48(35)33-40)47-16-7-9-19-50(47)62-52)60-57(59-55)45-29-28-43(41-13-4-5-14-42(41)45)44-17-10-20-51-53(44)46-15-6-8-18-49(46)61-51/h1-33H. The molecule has 0 fully saturated rings. The topological polar surface area (TPSA) is 65.0 Å². The molecule has 62 heavy (non-hydrogen) atoms. The second kappa shape index (κ2) is 13.6. The van der Waals surface area contributed by atoms with Crippen LogP contribution in [0.5, 0.6) is 0 Å². The zero-order valence-electron chi connectivity index (χ0n) is 33.2. The monoisotopic (exact) mass is 791 g/mol. The number of hydrogen-bond acceptors (Lipinski definition) is 5. The molecule has 0 aliphatic rings. The Kier molecular flexibility index (Phi) is 7.54. The van der Waals surface area contributed by atoms with Crippen molar-refractivity contribution in [3.63, 3.8) is 0 Å². The zero-order chi connectivity index (χ0) is 40.7. The molecule has 13 aromatic rings. The molecule has 0 spiro atoms. The van der Waals surface area contributed by atoms with Crippen molar-refractivity contribution in [1.82, 2.24) is 15.0 Å². The molecule has 0 N–H and O–H groups in total. The Morgan fingerprint density at radius 2 is 0.774 bits per heavy atom. The van der Waals surface area contributed by atoms with E-state index in [1.807, 2.05) is 36.4 Å². The Hall–Kier alpha value is -8.41. The summed E-state index contributed by atoms with van der Waals surface area (Å²) in [7, 11) is 0. The summed E-state index contributed by atoms with van der Waals surface area (Å²) in [5.41, 5.74) is 10.8. The van der Waals surface area contributed by atoms with E-state index in [9.17, 15) is 0 Å². The van der Waals surface area contributed by atoms with Crippen molar-refractivity contribution in [2.24, 2.45) is 0 Å². The van der Waals surface area contributed by atoms with Gasteiger partial charge in [0.2, 0.25) is 0 Å². The van der Waals surface area contributed by atoms with Crippen LogP contribution in [0, 0.1) is 0 Å². The van der Waals surface area contributed by atoms with Gasteiger partial charge >= 0.3 is 0 Å². The summed E-state index contributed by atoms with van der Waals surface area (Å²) in [4.78, 5) is 15.9. The van der Waals surface area contributed by atoms with Crippen molar-refractivity contribution in [2.75, 3.05) is 0 Å². The molecular weight excluding hydrogens is 759 g/mol. The van der Waals surface area contributed by atoms with Gasteiger partial charge in [-0.05, 0) is 103 Å². The van der Waals surface area contributed by atoms with E-state index in [0.717, 1.165) is 104 Å². The van der Waals surface area contributed by atoms with Crippen LogP contribution in [0.3, 0.4) is 0 Å². The molecule has 13 rings (SSSR count). The largest absolute Gasteiger partial charge is 0.456 e. The zero-order valence-corrected chi connectivity index (χ0v) is 33.2. The Morgan fingerprint density at radius 1 is 0.258 bits per heavy atom. The lowest BCUT2D eigenvalue weighted by molar-refractivity contribution is 0.668. The van der Waals surface area contributed by atoms with E-state index in [2.05, 4.69) is 164 Å². The second-order valence-electron chi connectivity index (χ2n) is 15.9. The Labute approximate surface area is 355 Å². The Bertz CT molecular complexity index is 3940. The van der Waals surface area contributed by atoms with Crippen molar-refractivity contribution in [1.29, 1.82) is 0 Å². The van der Waals surface area contributed by atoms with Crippen molar-refractivity contribution in [3.05, 3.63) is 200 Å². The lowest BCUT2D eigenvalue weighted by atomic mass is 9.92. The molecule has 0 bridgehead atoms. The van der Waals surface area contributed by atoms with Gasteiger partial charge in [-0.1, -0.05) is 152 Å². The fourth-order valence-corrected chi connectivity index (χ4v) is 9.36. The smallest absolute Gasteiger partial charge is 0.164 e. The number of rotatable bonds is 5. The molecule has 10 aromatic carbocycles. The second-order valence-corrected chi connectivity index (χ2v) is 15.9. The first-order chi connectivity index (χ1) is 30.7. The van der Waals surface area contributed by atoms with Crippen LogP contribution in [-0.4, -0.2) is 15.0 Å². The predicted molar refractivity (Wildman–Crippen MR) is 254 cm³/mol. The van der Waals surface area contributed by atoms with Crippen LogP contribution >= 0.6 is 0 Å². The van der Waals surface area contributed by atoms with Crippen LogP contribution in [0.4, 0.5) is 0 Å². The summed E-state index contributed by atoms with van der Waals surface area (Å²) in [5.74, 6) is 1.80. The summed E-state index contributed by atoms with van der Waals surface area (Å²) in [5, 5.41) is 11.0. The summed E-state index contributed by atoms with van der Waals surface area (Å²) in [6, 6.07) is 69.9. The molecule has 0 saturated carbocycles. The molecule has 0 unspecified atom stereocenters. The maximum absolute atomic E-state index is 6.32. The summed E-state index contributed by atoms with van der Waals surface area (Å²) < 4.78 is 12.6. The lowest BCUT2D eigenvalue weighted by Crippen LogP contribution is -2.01. The van der Waals surface area contributed by atoms with Crippen molar-refractivity contribution in [3.8, 4) is 56.4 Å². The molecule has 5 heteroatoms. The lowest BCUT2D eigenvalue weighted by Gasteiger charge is -2.14. The van der Waals surface area contributed by atoms with E-state index in [4.69, 9.17) is 23.8 Å². The van der Waals surface area contributed by atoms with Crippen LogP contribution in [0.25, 0.3) is 133 Å². The normalized spacial score (nSPS) is 11.9. The van der Waals surface area contributed by atoms with Crippen LogP contribution in [-0.2, 0) is 0 Å². The molecule has 0 saturated heterocycles. The van der Waals surface area contributed by atoms with Gasteiger partial charge in [0.05, 0.1) is 0 Å². The number of para-hydroxylation sites is 2. The fourth-order valence-electron chi connectivity index (χ4n) is 9.36. The van der Waals surface area contributed by atoms with Gasteiger partial charge in [0.15, 0.2) is 17.5 Å². The van der Waals surface area contributed by atoms with Gasteiger partial charge in [0, 0.05) is 38.2 Å². The number of hydrogen-bond donors (Lipinski definition) is 0. The number of fused-ring (bicyclic) bond motifs is 10. The quantitative estimate of drug-likeness (QED) is 0.174. The molecule has 0 aliphatic carbocycles. The minimum absolute atomic E-state index is 0.596. The number of aromatic nitrogens is 3. The van der Waals surface area contributed by atoms with E-state index >= 15 is 0 Å². The van der Waals surface area contributed by atoms with Crippen LogP contribution in [0.1, 0.15) is 0 Å². The number of benzene rings is 10. The first kappa shape index (κ1) is 34.5. The van der Waals surface area contributed by atoms with E-state index in [1.54, 1.807) is 0 Å². The Balaban J connectivity index is 1.02. The first-order valence-electron chi connectivity index (χ1n) is 20.8. The molecule has 0 atom stereocenters. The number of nitrogens with zero attached hydrogens (tertiary/aromatic N) is 3. The van der Waals surface area contributed by atoms with Gasteiger partial charge in [0.1, 0.15) is 22.3 Å². The predicted octanol–water partition coefficient (Wildman–Crippen LogP) is 15.5. The maximum Gasteiger partial charge on any atom is 0.164 e. The van der Waals surface area contributed by atoms with Gasteiger partial charge in [0.25, 0.3) is 0 Å². The maximum atomic E-state index is 6.32. The molecule has 0 amide bonds. The molecule has 5 nitrogen and oxygen atoms in total. The van der Waals surface area contributed by atoms with Gasteiger partial charge in [-0.25, -0.2) is 15.0 Å². The van der Waals surface area contributed by atoms with Crippen LogP contribution < -0.4 is 0 Å². The minimum atomic E-state index is 0.596.